The molecular weight excluding hydrogens is 267 g/mol. The van der Waals surface area contributed by atoms with Gasteiger partial charge in [0, 0.05) is 12.1 Å². The lowest BCUT2D eigenvalue weighted by molar-refractivity contribution is 0.387. The van der Waals surface area contributed by atoms with Gasteiger partial charge in [0.25, 0.3) is 0 Å². The van der Waals surface area contributed by atoms with Gasteiger partial charge in [-0.1, -0.05) is 19.9 Å². The van der Waals surface area contributed by atoms with E-state index < -0.39 is 21.4 Å². The summed E-state index contributed by atoms with van der Waals surface area (Å²) >= 11 is 0. The maximum Gasteiger partial charge on any atom is 0.243 e. The van der Waals surface area contributed by atoms with Crippen molar-refractivity contribution in [2.24, 2.45) is 5.73 Å². The largest absolute Gasteiger partial charge is 0.326 e. The van der Waals surface area contributed by atoms with Crippen molar-refractivity contribution in [3.8, 4) is 0 Å². The normalized spacial score (nSPS) is 12.7. The van der Waals surface area contributed by atoms with Crippen molar-refractivity contribution in [2.45, 2.75) is 50.6 Å². The molecule has 0 unspecified atom stereocenters. The van der Waals surface area contributed by atoms with E-state index in [1.165, 1.54) is 12.1 Å². The number of rotatable bonds is 6. The molecule has 0 heterocycles. The molecule has 0 atom stereocenters. The summed E-state index contributed by atoms with van der Waals surface area (Å²) < 4.78 is 40.8. The fourth-order valence-corrected chi connectivity index (χ4v) is 3.33. The van der Waals surface area contributed by atoms with Crippen molar-refractivity contribution in [1.82, 2.24) is 4.72 Å². The van der Waals surface area contributed by atoms with Crippen LogP contribution in [0.25, 0.3) is 0 Å². The van der Waals surface area contributed by atoms with Crippen molar-refractivity contribution in [3.05, 3.63) is 29.6 Å². The maximum atomic E-state index is 13.7. The second-order valence-corrected chi connectivity index (χ2v) is 6.49. The molecule has 0 bridgehead atoms. The molecule has 0 spiro atoms. The zero-order valence-electron chi connectivity index (χ0n) is 11.5. The van der Waals surface area contributed by atoms with Crippen LogP contribution in [0.2, 0.25) is 0 Å². The summed E-state index contributed by atoms with van der Waals surface area (Å²) in [7, 11) is -3.89. The van der Waals surface area contributed by atoms with Gasteiger partial charge in [0.05, 0.1) is 0 Å². The lowest BCUT2D eigenvalue weighted by Crippen LogP contribution is -2.45. The van der Waals surface area contributed by atoms with Gasteiger partial charge in [-0.05, 0) is 37.5 Å². The second kappa shape index (κ2) is 5.98. The van der Waals surface area contributed by atoms with Gasteiger partial charge in [0.2, 0.25) is 10.0 Å². The highest BCUT2D eigenvalue weighted by Gasteiger charge is 2.29. The predicted molar refractivity (Wildman–Crippen MR) is 73.6 cm³/mol. The van der Waals surface area contributed by atoms with Gasteiger partial charge < -0.3 is 5.73 Å². The number of hydrogen-bond acceptors (Lipinski definition) is 3. The first kappa shape index (κ1) is 16.1. The summed E-state index contributed by atoms with van der Waals surface area (Å²) in [5, 5.41) is 0. The average Bonchev–Trinajstić information content (AvgIpc) is 2.38. The van der Waals surface area contributed by atoms with E-state index in [1.54, 1.807) is 6.92 Å². The summed E-state index contributed by atoms with van der Waals surface area (Å²) in [4.78, 5) is -0.344. The number of hydrogen-bond donors (Lipinski definition) is 2. The number of benzene rings is 1. The van der Waals surface area contributed by atoms with Gasteiger partial charge >= 0.3 is 0 Å². The molecule has 1 rings (SSSR count). The van der Waals surface area contributed by atoms with Crippen LogP contribution < -0.4 is 10.5 Å². The van der Waals surface area contributed by atoms with Crippen molar-refractivity contribution < 1.29 is 12.8 Å². The Morgan fingerprint density at radius 1 is 1.32 bits per heavy atom. The zero-order valence-corrected chi connectivity index (χ0v) is 12.3. The number of sulfonamides is 1. The Morgan fingerprint density at radius 3 is 2.37 bits per heavy atom. The van der Waals surface area contributed by atoms with Crippen molar-refractivity contribution in [1.29, 1.82) is 0 Å². The van der Waals surface area contributed by atoms with Crippen LogP contribution in [0.5, 0.6) is 0 Å². The highest BCUT2D eigenvalue weighted by Crippen LogP contribution is 2.21. The lowest BCUT2D eigenvalue weighted by Gasteiger charge is -2.27. The van der Waals surface area contributed by atoms with Crippen LogP contribution in [-0.4, -0.2) is 14.0 Å². The van der Waals surface area contributed by atoms with Crippen molar-refractivity contribution in [3.63, 3.8) is 0 Å². The maximum absolute atomic E-state index is 13.7. The molecule has 0 aliphatic rings. The summed E-state index contributed by atoms with van der Waals surface area (Å²) in [6.45, 7) is 5.74. The minimum atomic E-state index is -3.89. The van der Waals surface area contributed by atoms with E-state index in [9.17, 15) is 12.8 Å². The fraction of sp³-hybridized carbons (Fsp3) is 0.538. The number of halogens is 1. The average molecular weight is 288 g/mol. The van der Waals surface area contributed by atoms with Gasteiger partial charge in [0.1, 0.15) is 10.7 Å². The highest BCUT2D eigenvalue weighted by molar-refractivity contribution is 7.89. The lowest BCUT2D eigenvalue weighted by atomic mass is 9.98. The van der Waals surface area contributed by atoms with E-state index in [1.807, 2.05) is 13.8 Å². The summed E-state index contributed by atoms with van der Waals surface area (Å²) in [5.41, 5.74) is 5.45. The minimum absolute atomic E-state index is 0.168. The molecule has 0 fully saturated rings. The van der Waals surface area contributed by atoms with Crippen LogP contribution in [0.15, 0.2) is 23.1 Å². The third-order valence-corrected chi connectivity index (χ3v) is 5.12. The molecule has 0 saturated carbocycles. The van der Waals surface area contributed by atoms with Gasteiger partial charge in [-0.2, -0.15) is 0 Å². The molecule has 0 radical (unpaired) electrons. The number of nitrogens with one attached hydrogen (secondary N) is 1. The smallest absolute Gasteiger partial charge is 0.243 e. The Labute approximate surface area is 114 Å². The third-order valence-electron chi connectivity index (χ3n) is 3.46. The Kier molecular flexibility index (Phi) is 5.06. The van der Waals surface area contributed by atoms with Crippen molar-refractivity contribution in [2.75, 3.05) is 0 Å². The summed E-state index contributed by atoms with van der Waals surface area (Å²) in [5.74, 6) is -0.765. The molecule has 0 amide bonds. The van der Waals surface area contributed by atoms with E-state index in [0.29, 0.717) is 18.4 Å². The van der Waals surface area contributed by atoms with E-state index in [-0.39, 0.29) is 11.4 Å². The first-order valence-corrected chi connectivity index (χ1v) is 7.78. The van der Waals surface area contributed by atoms with Crippen LogP contribution >= 0.6 is 0 Å². The highest BCUT2D eigenvalue weighted by atomic mass is 32.2. The van der Waals surface area contributed by atoms with Gasteiger partial charge in [-0.3, -0.25) is 0 Å². The molecule has 19 heavy (non-hydrogen) atoms. The van der Waals surface area contributed by atoms with Gasteiger partial charge in [0.15, 0.2) is 0 Å². The topological polar surface area (TPSA) is 72.2 Å². The molecule has 3 N–H and O–H groups in total. The molecule has 6 heteroatoms. The minimum Gasteiger partial charge on any atom is -0.326 e. The van der Waals surface area contributed by atoms with E-state index in [4.69, 9.17) is 5.73 Å². The molecule has 1 aromatic rings. The van der Waals surface area contributed by atoms with Crippen molar-refractivity contribution >= 4 is 10.0 Å². The molecule has 0 aliphatic heterocycles. The third kappa shape index (κ3) is 3.75. The Bertz CT molecular complexity index is 540. The standard InChI is InChI=1S/C13H21FN2O2S/c1-4-13(3,5-2)16-19(17,18)12-8-10(9-15)6-7-11(12)14/h6-8,16H,4-5,9,15H2,1-3H3. The molecular formula is C13H21FN2O2S. The first-order chi connectivity index (χ1) is 8.78. The Morgan fingerprint density at radius 2 is 1.89 bits per heavy atom. The SMILES string of the molecule is CCC(C)(CC)NS(=O)(=O)c1cc(CN)ccc1F. The van der Waals surface area contributed by atoms with E-state index >= 15 is 0 Å². The van der Waals surface area contributed by atoms with Crippen LogP contribution in [0.1, 0.15) is 39.2 Å². The predicted octanol–water partition coefficient (Wildman–Crippen LogP) is 2.14. The second-order valence-electron chi connectivity index (χ2n) is 4.84. The quantitative estimate of drug-likeness (QED) is 0.842. The van der Waals surface area contributed by atoms with Crippen LogP contribution in [0, 0.1) is 5.82 Å². The molecule has 108 valence electrons. The fourth-order valence-electron chi connectivity index (χ4n) is 1.65. The zero-order chi connectivity index (χ0) is 14.7. The molecule has 0 saturated heterocycles. The molecule has 0 aromatic heterocycles. The monoisotopic (exact) mass is 288 g/mol. The molecule has 4 nitrogen and oxygen atoms in total. The first-order valence-electron chi connectivity index (χ1n) is 6.30. The van der Waals surface area contributed by atoms with Gasteiger partial charge in [-0.15, -0.1) is 0 Å². The Hall–Kier alpha value is -0.980. The van der Waals surface area contributed by atoms with E-state index in [0.717, 1.165) is 6.07 Å². The van der Waals surface area contributed by atoms with Crippen LogP contribution in [0.4, 0.5) is 4.39 Å². The van der Waals surface area contributed by atoms with Gasteiger partial charge in [-0.25, -0.2) is 17.5 Å². The Balaban J connectivity index is 3.20. The summed E-state index contributed by atoms with van der Waals surface area (Å²) in [6.07, 6.45) is 1.25. The van der Waals surface area contributed by atoms with E-state index in [2.05, 4.69) is 4.72 Å². The summed E-state index contributed by atoms with van der Waals surface area (Å²) in [6, 6.07) is 3.89. The number of nitrogens with two attached hydrogens (primary N) is 1. The van der Waals surface area contributed by atoms with Crippen LogP contribution in [-0.2, 0) is 16.6 Å². The van der Waals surface area contributed by atoms with Crippen LogP contribution in [0.3, 0.4) is 0 Å². The molecule has 1 aromatic carbocycles. The molecule has 0 aliphatic carbocycles.